The third-order valence-electron chi connectivity index (χ3n) is 3.75. The molecule has 0 saturated heterocycles. The van der Waals surface area contributed by atoms with E-state index >= 15 is 0 Å². The molecule has 2 rings (SSSR count). The molecule has 1 aliphatic carbocycles. The van der Waals surface area contributed by atoms with Crippen LogP contribution in [0.2, 0.25) is 0 Å². The predicted octanol–water partition coefficient (Wildman–Crippen LogP) is 3.05. The van der Waals surface area contributed by atoms with Crippen molar-refractivity contribution in [3.05, 3.63) is 24.2 Å². The van der Waals surface area contributed by atoms with Crippen molar-refractivity contribution in [2.75, 3.05) is 6.61 Å². The minimum atomic E-state index is -0.0420. The lowest BCUT2D eigenvalue weighted by molar-refractivity contribution is -0.149. The van der Waals surface area contributed by atoms with E-state index in [0.717, 1.165) is 31.4 Å². The van der Waals surface area contributed by atoms with Gasteiger partial charge in [-0.3, -0.25) is 4.79 Å². The van der Waals surface area contributed by atoms with Gasteiger partial charge in [0, 0.05) is 6.04 Å². The largest absolute Gasteiger partial charge is 0.468 e. The van der Waals surface area contributed by atoms with Crippen LogP contribution in [0, 0.1) is 5.92 Å². The second-order valence-electron chi connectivity index (χ2n) is 5.22. The van der Waals surface area contributed by atoms with E-state index in [0.29, 0.717) is 12.6 Å². The molecule has 1 aromatic rings. The maximum Gasteiger partial charge on any atom is 0.308 e. The van der Waals surface area contributed by atoms with Crippen molar-refractivity contribution in [3.63, 3.8) is 0 Å². The van der Waals surface area contributed by atoms with Crippen LogP contribution in [0.4, 0.5) is 0 Å². The van der Waals surface area contributed by atoms with Gasteiger partial charge in [-0.2, -0.15) is 0 Å². The Hall–Kier alpha value is -1.29. The number of hydrogen-bond acceptors (Lipinski definition) is 4. The summed E-state index contributed by atoms with van der Waals surface area (Å²) in [6, 6.07) is 4.42. The number of esters is 1. The Morgan fingerprint density at radius 2 is 2.42 bits per heavy atom. The van der Waals surface area contributed by atoms with Crippen LogP contribution in [-0.2, 0) is 9.53 Å². The van der Waals surface area contributed by atoms with Crippen LogP contribution in [0.5, 0.6) is 0 Å². The molecule has 4 heteroatoms. The van der Waals surface area contributed by atoms with Gasteiger partial charge >= 0.3 is 5.97 Å². The first-order chi connectivity index (χ1) is 9.20. The molecule has 1 fully saturated rings. The number of rotatable bonds is 5. The molecule has 0 aliphatic heterocycles. The molecule has 3 unspecified atom stereocenters. The van der Waals surface area contributed by atoms with Crippen LogP contribution in [-0.4, -0.2) is 18.6 Å². The molecular formula is C15H23NO3. The molecule has 1 saturated carbocycles. The van der Waals surface area contributed by atoms with Gasteiger partial charge in [0.2, 0.25) is 0 Å². The van der Waals surface area contributed by atoms with Gasteiger partial charge in [0.25, 0.3) is 0 Å². The first kappa shape index (κ1) is 14.1. The van der Waals surface area contributed by atoms with Crippen LogP contribution < -0.4 is 5.32 Å². The first-order valence-corrected chi connectivity index (χ1v) is 7.16. The molecule has 1 heterocycles. The summed E-state index contributed by atoms with van der Waals surface area (Å²) >= 11 is 0. The molecule has 1 aliphatic rings. The summed E-state index contributed by atoms with van der Waals surface area (Å²) in [5.41, 5.74) is 0. The van der Waals surface area contributed by atoms with Crippen LogP contribution in [0.25, 0.3) is 0 Å². The van der Waals surface area contributed by atoms with E-state index < -0.39 is 0 Å². The highest BCUT2D eigenvalue weighted by atomic mass is 16.5. The molecule has 19 heavy (non-hydrogen) atoms. The van der Waals surface area contributed by atoms with Gasteiger partial charge in [0.05, 0.1) is 24.8 Å². The summed E-state index contributed by atoms with van der Waals surface area (Å²) < 4.78 is 10.5. The molecule has 4 nitrogen and oxygen atoms in total. The molecule has 0 radical (unpaired) electrons. The summed E-state index contributed by atoms with van der Waals surface area (Å²) in [7, 11) is 0. The zero-order valence-electron chi connectivity index (χ0n) is 11.7. The standard InChI is InChI=1S/C15H23NO3/c1-3-18-15(17)12-6-4-7-13(10-12)16-11(2)14-8-5-9-19-14/h5,8-9,11-13,16H,3-4,6-7,10H2,1-2H3. The summed E-state index contributed by atoms with van der Waals surface area (Å²) in [6.07, 6.45) is 5.69. The Labute approximate surface area is 114 Å². The van der Waals surface area contributed by atoms with E-state index in [2.05, 4.69) is 12.2 Å². The minimum Gasteiger partial charge on any atom is -0.468 e. The van der Waals surface area contributed by atoms with E-state index in [4.69, 9.17) is 9.15 Å². The summed E-state index contributed by atoms with van der Waals surface area (Å²) in [4.78, 5) is 11.8. The predicted molar refractivity (Wildman–Crippen MR) is 72.6 cm³/mol. The summed E-state index contributed by atoms with van der Waals surface area (Å²) in [5.74, 6) is 0.952. The van der Waals surface area contributed by atoms with Crippen molar-refractivity contribution in [1.29, 1.82) is 0 Å². The molecular weight excluding hydrogens is 242 g/mol. The van der Waals surface area contributed by atoms with Crippen molar-refractivity contribution in [2.45, 2.75) is 51.6 Å². The Kier molecular flexibility index (Phi) is 5.02. The molecule has 0 bridgehead atoms. The number of ether oxygens (including phenoxy) is 1. The highest BCUT2D eigenvalue weighted by Crippen LogP contribution is 2.27. The zero-order valence-corrected chi connectivity index (χ0v) is 11.7. The number of nitrogens with one attached hydrogen (secondary N) is 1. The van der Waals surface area contributed by atoms with Crippen molar-refractivity contribution in [1.82, 2.24) is 5.32 Å². The molecule has 0 amide bonds. The lowest BCUT2D eigenvalue weighted by Gasteiger charge is -2.30. The van der Waals surface area contributed by atoms with E-state index in [9.17, 15) is 4.79 Å². The average Bonchev–Trinajstić information content (AvgIpc) is 2.93. The number of hydrogen-bond donors (Lipinski definition) is 1. The Balaban J connectivity index is 1.85. The fourth-order valence-corrected chi connectivity index (χ4v) is 2.79. The van der Waals surface area contributed by atoms with Crippen LogP contribution in [0.15, 0.2) is 22.8 Å². The lowest BCUT2D eigenvalue weighted by atomic mass is 9.85. The zero-order chi connectivity index (χ0) is 13.7. The van der Waals surface area contributed by atoms with Crippen LogP contribution >= 0.6 is 0 Å². The molecule has 1 N–H and O–H groups in total. The fourth-order valence-electron chi connectivity index (χ4n) is 2.79. The number of carbonyl (C=O) groups excluding carboxylic acids is 1. The van der Waals surface area contributed by atoms with Gasteiger partial charge in [-0.05, 0) is 45.2 Å². The third kappa shape index (κ3) is 3.83. The third-order valence-corrected chi connectivity index (χ3v) is 3.75. The van der Waals surface area contributed by atoms with Gasteiger partial charge in [-0.15, -0.1) is 0 Å². The second kappa shape index (κ2) is 6.75. The fraction of sp³-hybridized carbons (Fsp3) is 0.667. The highest BCUT2D eigenvalue weighted by Gasteiger charge is 2.29. The van der Waals surface area contributed by atoms with Gasteiger partial charge in [0.15, 0.2) is 0 Å². The summed E-state index contributed by atoms with van der Waals surface area (Å²) in [6.45, 7) is 4.42. The minimum absolute atomic E-state index is 0.0420. The quantitative estimate of drug-likeness (QED) is 0.831. The monoisotopic (exact) mass is 265 g/mol. The van der Waals surface area contributed by atoms with Crippen molar-refractivity contribution in [2.24, 2.45) is 5.92 Å². The number of furan rings is 1. The normalized spacial score (nSPS) is 24.9. The smallest absolute Gasteiger partial charge is 0.308 e. The van der Waals surface area contributed by atoms with Crippen molar-refractivity contribution < 1.29 is 13.9 Å². The molecule has 3 atom stereocenters. The maximum atomic E-state index is 11.8. The van der Waals surface area contributed by atoms with Crippen molar-refractivity contribution >= 4 is 5.97 Å². The second-order valence-corrected chi connectivity index (χ2v) is 5.22. The summed E-state index contributed by atoms with van der Waals surface area (Å²) in [5, 5.41) is 3.55. The van der Waals surface area contributed by atoms with Gasteiger partial charge < -0.3 is 14.5 Å². The highest BCUT2D eigenvalue weighted by molar-refractivity contribution is 5.72. The van der Waals surface area contributed by atoms with E-state index in [1.54, 1.807) is 6.26 Å². The molecule has 0 aromatic carbocycles. The average molecular weight is 265 g/mol. The first-order valence-electron chi connectivity index (χ1n) is 7.16. The topological polar surface area (TPSA) is 51.5 Å². The van der Waals surface area contributed by atoms with E-state index in [-0.39, 0.29) is 17.9 Å². The van der Waals surface area contributed by atoms with Gasteiger partial charge in [-0.25, -0.2) is 0 Å². The van der Waals surface area contributed by atoms with Crippen LogP contribution in [0.1, 0.15) is 51.3 Å². The maximum absolute atomic E-state index is 11.8. The molecule has 0 spiro atoms. The SMILES string of the molecule is CCOC(=O)C1CCCC(NC(C)c2ccco2)C1. The number of carbonyl (C=O) groups is 1. The lowest BCUT2D eigenvalue weighted by Crippen LogP contribution is -2.38. The van der Waals surface area contributed by atoms with E-state index in [1.165, 1.54) is 0 Å². The van der Waals surface area contributed by atoms with Gasteiger partial charge in [0.1, 0.15) is 5.76 Å². The molecule has 106 valence electrons. The van der Waals surface area contributed by atoms with Gasteiger partial charge in [-0.1, -0.05) is 6.42 Å². The Morgan fingerprint density at radius 1 is 1.58 bits per heavy atom. The van der Waals surface area contributed by atoms with E-state index in [1.807, 2.05) is 19.1 Å². The van der Waals surface area contributed by atoms with Crippen molar-refractivity contribution in [3.8, 4) is 0 Å². The Bertz CT molecular complexity index is 388. The Morgan fingerprint density at radius 3 is 3.11 bits per heavy atom. The molecule has 1 aromatic heterocycles. The van der Waals surface area contributed by atoms with Crippen LogP contribution in [0.3, 0.4) is 0 Å².